The summed E-state index contributed by atoms with van der Waals surface area (Å²) < 4.78 is 14.5. The Morgan fingerprint density at radius 2 is 1.73 bits per heavy atom. The van der Waals surface area contributed by atoms with Gasteiger partial charge in [-0.2, -0.15) is 0 Å². The number of anilines is 1. The van der Waals surface area contributed by atoms with Crippen molar-refractivity contribution in [2.75, 3.05) is 19.4 Å². The van der Waals surface area contributed by atoms with Crippen LogP contribution in [0.2, 0.25) is 0 Å². The van der Waals surface area contributed by atoms with Crippen LogP contribution in [0, 0.1) is 5.82 Å². The first-order valence-corrected chi connectivity index (χ1v) is 9.58. The number of hydrogen-bond donors (Lipinski definition) is 1. The van der Waals surface area contributed by atoms with E-state index in [2.05, 4.69) is 15.3 Å². The maximum Gasteiger partial charge on any atom is 0.253 e. The molecule has 30 heavy (non-hydrogen) atoms. The van der Waals surface area contributed by atoms with Gasteiger partial charge in [0.05, 0.1) is 5.52 Å². The van der Waals surface area contributed by atoms with Crippen LogP contribution in [-0.2, 0) is 6.54 Å². The lowest BCUT2D eigenvalue weighted by Gasteiger charge is -2.18. The average molecular weight is 400 g/mol. The molecule has 4 aromatic rings. The summed E-state index contributed by atoms with van der Waals surface area (Å²) in [7, 11) is 3.48. The van der Waals surface area contributed by atoms with E-state index in [1.54, 1.807) is 31.3 Å². The molecule has 5 nitrogen and oxygen atoms in total. The van der Waals surface area contributed by atoms with E-state index in [0.717, 1.165) is 27.8 Å². The maximum absolute atomic E-state index is 14.5. The van der Waals surface area contributed by atoms with Gasteiger partial charge in [-0.15, -0.1) is 0 Å². The summed E-state index contributed by atoms with van der Waals surface area (Å²) >= 11 is 0. The average Bonchev–Trinajstić information content (AvgIpc) is 2.79. The summed E-state index contributed by atoms with van der Waals surface area (Å²) in [5.74, 6) is 0.241. The van der Waals surface area contributed by atoms with Crippen molar-refractivity contribution in [3.05, 3.63) is 90.0 Å². The number of amides is 1. The molecule has 0 fully saturated rings. The van der Waals surface area contributed by atoms with Crippen LogP contribution < -0.4 is 5.32 Å². The Balaban J connectivity index is 1.65. The van der Waals surface area contributed by atoms with Gasteiger partial charge in [0, 0.05) is 37.2 Å². The van der Waals surface area contributed by atoms with E-state index >= 15 is 0 Å². The fraction of sp³-hybridized carbons (Fsp3) is 0.125. The molecular weight excluding hydrogens is 379 g/mol. The quantitative estimate of drug-likeness (QED) is 0.525. The standard InChI is InChI=1S/C24H21FN4O/c1-26-23-20-13-18(9-11-22(20)27-15-28-23)17-8-10-21(25)19(12-17)14-29(2)24(30)16-6-4-3-5-7-16/h3-13,15H,14H2,1-2H3,(H,26,27,28). The Morgan fingerprint density at radius 3 is 2.50 bits per heavy atom. The largest absolute Gasteiger partial charge is 0.373 e. The van der Waals surface area contributed by atoms with E-state index in [4.69, 9.17) is 0 Å². The van der Waals surface area contributed by atoms with Gasteiger partial charge in [-0.05, 0) is 47.5 Å². The lowest BCUT2D eigenvalue weighted by atomic mass is 10.0. The van der Waals surface area contributed by atoms with Crippen molar-refractivity contribution in [3.8, 4) is 11.1 Å². The Morgan fingerprint density at radius 1 is 1.00 bits per heavy atom. The second kappa shape index (κ2) is 8.29. The number of hydrogen-bond acceptors (Lipinski definition) is 4. The van der Waals surface area contributed by atoms with Crippen LogP contribution in [0.25, 0.3) is 22.0 Å². The molecule has 1 aromatic heterocycles. The van der Waals surface area contributed by atoms with Gasteiger partial charge in [-0.25, -0.2) is 14.4 Å². The van der Waals surface area contributed by atoms with E-state index in [0.29, 0.717) is 11.1 Å². The summed E-state index contributed by atoms with van der Waals surface area (Å²) in [6.45, 7) is 0.172. The SMILES string of the molecule is CNc1ncnc2ccc(-c3ccc(F)c(CN(C)C(=O)c4ccccc4)c3)cc12. The number of nitrogens with zero attached hydrogens (tertiary/aromatic N) is 3. The minimum absolute atomic E-state index is 0.151. The predicted molar refractivity (Wildman–Crippen MR) is 117 cm³/mol. The summed E-state index contributed by atoms with van der Waals surface area (Å²) in [4.78, 5) is 22.7. The third-order valence-electron chi connectivity index (χ3n) is 5.03. The van der Waals surface area contributed by atoms with Crippen molar-refractivity contribution in [3.63, 3.8) is 0 Å². The second-order valence-electron chi connectivity index (χ2n) is 7.04. The van der Waals surface area contributed by atoms with Crippen LogP contribution in [0.1, 0.15) is 15.9 Å². The number of rotatable bonds is 5. The fourth-order valence-corrected chi connectivity index (χ4v) is 3.44. The minimum atomic E-state index is -0.341. The van der Waals surface area contributed by atoms with Gasteiger partial charge >= 0.3 is 0 Å². The predicted octanol–water partition coefficient (Wildman–Crippen LogP) is 4.75. The lowest BCUT2D eigenvalue weighted by molar-refractivity contribution is 0.0784. The molecule has 4 rings (SSSR count). The summed E-state index contributed by atoms with van der Waals surface area (Å²) in [5.41, 5.74) is 3.64. The molecule has 0 aliphatic heterocycles. The van der Waals surface area contributed by atoms with Crippen LogP contribution in [-0.4, -0.2) is 34.9 Å². The number of fused-ring (bicyclic) bond motifs is 1. The highest BCUT2D eigenvalue weighted by molar-refractivity contribution is 5.94. The normalized spacial score (nSPS) is 10.8. The Bertz CT molecular complexity index is 1210. The van der Waals surface area contributed by atoms with Crippen molar-refractivity contribution < 1.29 is 9.18 Å². The molecule has 0 aliphatic carbocycles. The monoisotopic (exact) mass is 400 g/mol. The Hall–Kier alpha value is -3.80. The molecular formula is C24H21FN4O. The van der Waals surface area contributed by atoms with E-state index in [9.17, 15) is 9.18 Å². The molecule has 1 amide bonds. The molecule has 0 bridgehead atoms. The van der Waals surface area contributed by atoms with Crippen molar-refractivity contribution in [1.82, 2.24) is 14.9 Å². The van der Waals surface area contributed by atoms with Gasteiger partial charge in [-0.3, -0.25) is 4.79 Å². The minimum Gasteiger partial charge on any atom is -0.373 e. The van der Waals surface area contributed by atoms with Crippen molar-refractivity contribution in [2.24, 2.45) is 0 Å². The summed E-state index contributed by atoms with van der Waals surface area (Å²) in [5, 5.41) is 3.96. The highest BCUT2D eigenvalue weighted by Gasteiger charge is 2.15. The number of halogens is 1. The first-order chi connectivity index (χ1) is 14.6. The van der Waals surface area contributed by atoms with Crippen LogP contribution >= 0.6 is 0 Å². The number of carbonyl (C=O) groups is 1. The first-order valence-electron chi connectivity index (χ1n) is 9.58. The lowest BCUT2D eigenvalue weighted by Crippen LogP contribution is -2.26. The zero-order valence-corrected chi connectivity index (χ0v) is 16.8. The maximum atomic E-state index is 14.5. The van der Waals surface area contributed by atoms with Gasteiger partial charge in [0.1, 0.15) is 18.0 Å². The number of nitrogens with one attached hydrogen (secondary N) is 1. The fourth-order valence-electron chi connectivity index (χ4n) is 3.44. The zero-order chi connectivity index (χ0) is 21.1. The van der Waals surface area contributed by atoms with Gasteiger partial charge in [0.2, 0.25) is 0 Å². The Labute approximate surface area is 174 Å². The van der Waals surface area contributed by atoms with Gasteiger partial charge in [-0.1, -0.05) is 30.3 Å². The Kier molecular flexibility index (Phi) is 5.39. The molecule has 0 unspecified atom stereocenters. The van der Waals surface area contributed by atoms with E-state index < -0.39 is 0 Å². The summed E-state index contributed by atoms with van der Waals surface area (Å²) in [6, 6.07) is 19.8. The van der Waals surface area contributed by atoms with Gasteiger partial charge in [0.15, 0.2) is 0 Å². The van der Waals surface area contributed by atoms with Crippen LogP contribution in [0.4, 0.5) is 10.2 Å². The van der Waals surface area contributed by atoms with Crippen molar-refractivity contribution >= 4 is 22.6 Å². The smallest absolute Gasteiger partial charge is 0.253 e. The molecule has 150 valence electrons. The first kappa shape index (κ1) is 19.5. The zero-order valence-electron chi connectivity index (χ0n) is 16.8. The third-order valence-corrected chi connectivity index (χ3v) is 5.03. The molecule has 0 saturated carbocycles. The van der Waals surface area contributed by atoms with E-state index in [1.165, 1.54) is 17.3 Å². The molecule has 6 heteroatoms. The topological polar surface area (TPSA) is 58.1 Å². The van der Waals surface area contributed by atoms with Crippen LogP contribution in [0.15, 0.2) is 73.1 Å². The molecule has 3 aromatic carbocycles. The van der Waals surface area contributed by atoms with Crippen LogP contribution in [0.3, 0.4) is 0 Å². The van der Waals surface area contributed by atoms with Crippen molar-refractivity contribution in [1.29, 1.82) is 0 Å². The molecule has 0 radical (unpaired) electrons. The van der Waals surface area contributed by atoms with E-state index in [1.807, 2.05) is 43.4 Å². The highest BCUT2D eigenvalue weighted by atomic mass is 19.1. The molecule has 0 atom stereocenters. The third kappa shape index (κ3) is 3.85. The van der Waals surface area contributed by atoms with Crippen LogP contribution in [0.5, 0.6) is 0 Å². The molecule has 0 saturated heterocycles. The van der Waals surface area contributed by atoms with Gasteiger partial charge in [0.25, 0.3) is 5.91 Å². The summed E-state index contributed by atoms with van der Waals surface area (Å²) in [6.07, 6.45) is 1.52. The highest BCUT2D eigenvalue weighted by Crippen LogP contribution is 2.28. The van der Waals surface area contributed by atoms with Crippen molar-refractivity contribution in [2.45, 2.75) is 6.54 Å². The second-order valence-corrected chi connectivity index (χ2v) is 7.04. The molecule has 1 heterocycles. The molecule has 0 spiro atoms. The number of aromatic nitrogens is 2. The molecule has 0 aliphatic rings. The van der Waals surface area contributed by atoms with E-state index in [-0.39, 0.29) is 18.3 Å². The molecule has 1 N–H and O–H groups in total. The number of carbonyl (C=O) groups excluding carboxylic acids is 1. The number of benzene rings is 3. The van der Waals surface area contributed by atoms with Gasteiger partial charge < -0.3 is 10.2 Å².